The first kappa shape index (κ1) is 11.4. The molecule has 1 heterocycles. The largest absolute Gasteiger partial charge is 0.595 e. The van der Waals surface area contributed by atoms with Gasteiger partial charge in [0.2, 0.25) is 0 Å². The molecule has 2 rings (SSSR count). The van der Waals surface area contributed by atoms with Gasteiger partial charge >= 0.3 is 0 Å². The Kier molecular flexibility index (Phi) is 3.18. The van der Waals surface area contributed by atoms with Gasteiger partial charge in [0.15, 0.2) is 5.69 Å². The fraction of sp³-hybridized carbons (Fsp3) is 0. The number of H-pyrrole nitrogens is 1. The highest BCUT2D eigenvalue weighted by atomic mass is 35.5. The molecular formula is C10H8Cl2N2O2. The number of halogens is 2. The molecule has 0 bridgehead atoms. The summed E-state index contributed by atoms with van der Waals surface area (Å²) in [6.07, 6.45) is 3.23. The van der Waals surface area contributed by atoms with E-state index in [0.717, 1.165) is 0 Å². The van der Waals surface area contributed by atoms with Crippen molar-refractivity contribution in [1.82, 2.24) is 4.98 Å². The molecule has 6 heteroatoms. The molecule has 0 aliphatic rings. The van der Waals surface area contributed by atoms with Crippen molar-refractivity contribution in [2.24, 2.45) is 0 Å². The molecule has 0 radical (unpaired) electrons. The molecule has 2 aromatic rings. The fourth-order valence-electron chi connectivity index (χ4n) is 1.52. The predicted molar refractivity (Wildman–Crippen MR) is 62.0 cm³/mol. The first-order valence-electron chi connectivity index (χ1n) is 4.45. The molecule has 0 fully saturated rings. The van der Waals surface area contributed by atoms with E-state index >= 15 is 0 Å². The van der Waals surface area contributed by atoms with Gasteiger partial charge in [-0.25, -0.2) is 5.21 Å². The number of aromatic nitrogens is 1. The van der Waals surface area contributed by atoms with Crippen molar-refractivity contribution in [2.75, 3.05) is 0 Å². The number of benzene rings is 1. The summed E-state index contributed by atoms with van der Waals surface area (Å²) in [6.45, 7) is 0. The Labute approximate surface area is 102 Å². The molecule has 16 heavy (non-hydrogen) atoms. The highest BCUT2D eigenvalue weighted by Gasteiger charge is 2.17. The summed E-state index contributed by atoms with van der Waals surface area (Å²) < 4.78 is 0. The van der Waals surface area contributed by atoms with E-state index in [2.05, 4.69) is 4.98 Å². The van der Waals surface area contributed by atoms with Crippen LogP contribution in [-0.4, -0.2) is 10.2 Å². The van der Waals surface area contributed by atoms with Crippen LogP contribution in [0.25, 0.3) is 11.1 Å². The van der Waals surface area contributed by atoms with Gasteiger partial charge in [-0.05, 0) is 12.1 Å². The van der Waals surface area contributed by atoms with Gasteiger partial charge in [-0.3, -0.25) is 0 Å². The van der Waals surface area contributed by atoms with Gasteiger partial charge in [0.05, 0.1) is 10.6 Å². The van der Waals surface area contributed by atoms with Crippen LogP contribution < -0.4 is 5.23 Å². The number of para-hydroxylation sites is 1. The number of hydrogen-bond acceptors (Lipinski definition) is 2. The molecule has 84 valence electrons. The van der Waals surface area contributed by atoms with Gasteiger partial charge < -0.3 is 10.2 Å². The van der Waals surface area contributed by atoms with E-state index in [-0.39, 0.29) is 10.7 Å². The van der Waals surface area contributed by atoms with Crippen LogP contribution in [0.2, 0.25) is 10.0 Å². The van der Waals surface area contributed by atoms with Gasteiger partial charge in [0, 0.05) is 18.0 Å². The lowest BCUT2D eigenvalue weighted by molar-refractivity contribution is -0.990. The van der Waals surface area contributed by atoms with Crippen LogP contribution in [-0.2, 0) is 0 Å². The maximum atomic E-state index is 11.1. The minimum atomic E-state index is -1.07. The molecule has 1 aromatic heterocycles. The van der Waals surface area contributed by atoms with E-state index in [1.165, 1.54) is 6.07 Å². The Morgan fingerprint density at radius 2 is 1.88 bits per heavy atom. The summed E-state index contributed by atoms with van der Waals surface area (Å²) in [5.74, 6) is 0. The maximum Gasteiger partial charge on any atom is 0.190 e. The zero-order valence-corrected chi connectivity index (χ0v) is 9.51. The van der Waals surface area contributed by atoms with Gasteiger partial charge in [-0.1, -0.05) is 29.3 Å². The number of hydrogen-bond donors (Lipinski definition) is 3. The molecule has 0 amide bonds. The summed E-state index contributed by atoms with van der Waals surface area (Å²) in [5.41, 5.74) is 1.19. The third-order valence-corrected chi connectivity index (χ3v) is 2.84. The highest BCUT2D eigenvalue weighted by molar-refractivity contribution is 6.35. The predicted octanol–water partition coefficient (Wildman–Crippen LogP) is 2.39. The Bertz CT molecular complexity index is 511. The zero-order chi connectivity index (χ0) is 11.7. The molecular weight excluding hydrogens is 251 g/mol. The lowest BCUT2D eigenvalue weighted by Gasteiger charge is -2.16. The molecule has 0 aliphatic heterocycles. The van der Waals surface area contributed by atoms with E-state index in [1.807, 2.05) is 0 Å². The van der Waals surface area contributed by atoms with Crippen LogP contribution in [0.15, 0.2) is 30.6 Å². The van der Waals surface area contributed by atoms with E-state index in [9.17, 15) is 5.21 Å². The second-order valence-electron chi connectivity index (χ2n) is 3.18. The third kappa shape index (κ3) is 1.93. The Morgan fingerprint density at radius 3 is 2.44 bits per heavy atom. The van der Waals surface area contributed by atoms with Crippen LogP contribution in [0.4, 0.5) is 5.69 Å². The van der Waals surface area contributed by atoms with Crippen LogP contribution >= 0.6 is 23.2 Å². The Balaban J connectivity index is 2.66. The van der Waals surface area contributed by atoms with Crippen molar-refractivity contribution in [3.05, 3.63) is 45.8 Å². The summed E-state index contributed by atoms with van der Waals surface area (Å²) in [6, 6.07) is 4.90. The minimum Gasteiger partial charge on any atom is -0.595 e. The summed E-state index contributed by atoms with van der Waals surface area (Å²) in [5, 5.41) is 19.8. The van der Waals surface area contributed by atoms with E-state index in [4.69, 9.17) is 28.4 Å². The standard InChI is InChI=1S/C10H8Cl2N2O2/c11-8-3-1-2-6(10(8)14(15)16)7-4-13-5-9(7)12/h1-5,13-15H. The van der Waals surface area contributed by atoms with Gasteiger partial charge in [0.1, 0.15) is 5.02 Å². The van der Waals surface area contributed by atoms with Crippen LogP contribution in [0.1, 0.15) is 0 Å². The second-order valence-corrected chi connectivity index (χ2v) is 4.00. The molecule has 0 aliphatic carbocycles. The van der Waals surface area contributed by atoms with Crippen molar-refractivity contribution < 1.29 is 10.4 Å². The topological polar surface area (TPSA) is 63.5 Å². The van der Waals surface area contributed by atoms with Gasteiger partial charge in [0.25, 0.3) is 0 Å². The third-order valence-electron chi connectivity index (χ3n) is 2.21. The van der Waals surface area contributed by atoms with Crippen molar-refractivity contribution in [2.45, 2.75) is 0 Å². The molecule has 1 unspecified atom stereocenters. The normalized spacial score (nSPS) is 12.8. The van der Waals surface area contributed by atoms with Crippen LogP contribution in [0.3, 0.4) is 0 Å². The molecule has 1 aromatic carbocycles. The van der Waals surface area contributed by atoms with E-state index in [1.54, 1.807) is 24.5 Å². The number of rotatable bonds is 2. The molecule has 0 saturated heterocycles. The Hall–Kier alpha value is -1.04. The molecule has 0 saturated carbocycles. The second kappa shape index (κ2) is 4.45. The van der Waals surface area contributed by atoms with E-state index in [0.29, 0.717) is 16.1 Å². The van der Waals surface area contributed by atoms with Crippen molar-refractivity contribution in [3.63, 3.8) is 0 Å². The number of aromatic amines is 1. The van der Waals surface area contributed by atoms with Crippen molar-refractivity contribution in [1.29, 1.82) is 0 Å². The lowest BCUT2D eigenvalue weighted by Crippen LogP contribution is -2.99. The quantitative estimate of drug-likeness (QED) is 0.725. The van der Waals surface area contributed by atoms with Crippen LogP contribution in [0.5, 0.6) is 0 Å². The SMILES string of the molecule is [O-][NH+](O)c1c(Cl)cccc1-c1c[nH]cc1Cl. The lowest BCUT2D eigenvalue weighted by atomic mass is 10.1. The highest BCUT2D eigenvalue weighted by Crippen LogP contribution is 2.34. The Morgan fingerprint density at radius 1 is 1.12 bits per heavy atom. The van der Waals surface area contributed by atoms with Crippen LogP contribution in [0, 0.1) is 5.21 Å². The first-order chi connectivity index (χ1) is 7.61. The molecule has 3 N–H and O–H groups in total. The molecule has 0 spiro atoms. The van der Waals surface area contributed by atoms with E-state index < -0.39 is 5.23 Å². The number of quaternary nitrogens is 1. The summed E-state index contributed by atoms with van der Waals surface area (Å²) >= 11 is 11.8. The van der Waals surface area contributed by atoms with Gasteiger partial charge in [-0.2, -0.15) is 5.23 Å². The van der Waals surface area contributed by atoms with Crippen molar-refractivity contribution in [3.8, 4) is 11.1 Å². The van der Waals surface area contributed by atoms with Gasteiger partial charge in [-0.15, -0.1) is 0 Å². The fourth-order valence-corrected chi connectivity index (χ4v) is 1.99. The average Bonchev–Trinajstić information content (AvgIpc) is 2.63. The monoisotopic (exact) mass is 258 g/mol. The first-order valence-corrected chi connectivity index (χ1v) is 5.21. The van der Waals surface area contributed by atoms with Crippen molar-refractivity contribution >= 4 is 28.9 Å². The minimum absolute atomic E-state index is 0.0608. The maximum absolute atomic E-state index is 11.1. The average molecular weight is 259 g/mol. The molecule has 1 atom stereocenters. The molecule has 4 nitrogen and oxygen atoms in total. The zero-order valence-electron chi connectivity index (χ0n) is 8.00. The number of nitrogens with one attached hydrogen (secondary N) is 2. The smallest absolute Gasteiger partial charge is 0.190 e. The summed E-state index contributed by atoms with van der Waals surface area (Å²) in [7, 11) is 0. The summed E-state index contributed by atoms with van der Waals surface area (Å²) in [4.78, 5) is 2.81.